The van der Waals surface area contributed by atoms with Crippen molar-refractivity contribution < 1.29 is 9.18 Å². The summed E-state index contributed by atoms with van der Waals surface area (Å²) in [6.45, 7) is 0. The molecule has 2 aromatic rings. The van der Waals surface area contributed by atoms with Crippen LogP contribution in [-0.2, 0) is 0 Å². The van der Waals surface area contributed by atoms with Crippen molar-refractivity contribution in [1.82, 2.24) is 10.4 Å². The van der Waals surface area contributed by atoms with Gasteiger partial charge in [-0.3, -0.25) is 10.2 Å². The van der Waals surface area contributed by atoms with Gasteiger partial charge in [0.05, 0.1) is 4.88 Å². The van der Waals surface area contributed by atoms with Gasteiger partial charge in [0, 0.05) is 0 Å². The van der Waals surface area contributed by atoms with E-state index in [1.165, 1.54) is 12.1 Å². The average molecular weight is 252 g/mol. The first-order valence-corrected chi connectivity index (χ1v) is 5.46. The molecule has 2 rings (SSSR count). The predicted octanol–water partition coefficient (Wildman–Crippen LogP) is 1.13. The number of hydrazine groups is 1. The van der Waals surface area contributed by atoms with Gasteiger partial charge in [-0.05, 0) is 17.7 Å². The van der Waals surface area contributed by atoms with Gasteiger partial charge in [-0.1, -0.05) is 23.5 Å². The Bertz CT molecular complexity index is 569. The molecule has 0 atom stereocenters. The van der Waals surface area contributed by atoms with Crippen LogP contribution in [0, 0.1) is 5.82 Å². The first-order valence-electron chi connectivity index (χ1n) is 4.65. The summed E-state index contributed by atoms with van der Waals surface area (Å²) in [7, 11) is 0. The molecule has 0 bridgehead atoms. The number of anilines is 1. The zero-order chi connectivity index (χ0) is 12.4. The zero-order valence-corrected chi connectivity index (χ0v) is 9.42. The number of hydrogen-bond donors (Lipinski definition) is 3. The monoisotopic (exact) mass is 252 g/mol. The van der Waals surface area contributed by atoms with E-state index in [4.69, 9.17) is 11.6 Å². The first-order chi connectivity index (χ1) is 8.11. The molecular weight excluding hydrogens is 243 g/mol. The first kappa shape index (κ1) is 11.5. The van der Waals surface area contributed by atoms with E-state index >= 15 is 0 Å². The topological polar surface area (TPSA) is 94.0 Å². The summed E-state index contributed by atoms with van der Waals surface area (Å²) >= 11 is 1.10. The molecule has 17 heavy (non-hydrogen) atoms. The fourth-order valence-electron chi connectivity index (χ4n) is 1.38. The number of nitrogens with one attached hydrogen (secondary N) is 1. The lowest BCUT2D eigenvalue weighted by molar-refractivity contribution is 0.0950. The lowest BCUT2D eigenvalue weighted by atomic mass is 10.1. The number of hydrogen-bond acceptors (Lipinski definition) is 5. The fourth-order valence-corrected chi connectivity index (χ4v) is 2.21. The summed E-state index contributed by atoms with van der Waals surface area (Å²) in [6, 6.07) is 5.84. The Morgan fingerprint density at radius 3 is 2.88 bits per heavy atom. The number of halogens is 1. The summed E-state index contributed by atoms with van der Waals surface area (Å²) in [6.07, 6.45) is 0. The number of nitrogens with zero attached hydrogens (tertiary/aromatic N) is 1. The largest absolute Gasteiger partial charge is 0.375 e. The fraction of sp³-hybridized carbons (Fsp3) is 0. The Hall–Kier alpha value is -1.99. The van der Waals surface area contributed by atoms with Gasteiger partial charge in [0.15, 0.2) is 10.8 Å². The molecule has 0 fully saturated rings. The molecule has 1 heterocycles. The van der Waals surface area contributed by atoms with Crippen molar-refractivity contribution in [2.45, 2.75) is 0 Å². The molecule has 5 nitrogen and oxygen atoms in total. The van der Waals surface area contributed by atoms with E-state index in [0.717, 1.165) is 11.3 Å². The number of amides is 1. The summed E-state index contributed by atoms with van der Waals surface area (Å²) in [5, 5.41) is 0.225. The van der Waals surface area contributed by atoms with Crippen LogP contribution in [0.1, 0.15) is 10.5 Å². The normalized spacial score (nSPS) is 10.2. The van der Waals surface area contributed by atoms with Crippen molar-refractivity contribution >= 4 is 22.4 Å². The Kier molecular flexibility index (Phi) is 3.03. The lowest BCUT2D eigenvalue weighted by Crippen LogP contribution is -2.30. The Labute approximate surface area is 100 Å². The lowest BCUT2D eigenvalue weighted by Gasteiger charge is -2.01. The molecule has 0 aliphatic carbocycles. The van der Waals surface area contributed by atoms with Crippen molar-refractivity contribution in [2.24, 2.45) is 5.84 Å². The van der Waals surface area contributed by atoms with E-state index in [1.54, 1.807) is 12.1 Å². The highest BCUT2D eigenvalue weighted by molar-refractivity contribution is 7.19. The third-order valence-electron chi connectivity index (χ3n) is 2.08. The molecule has 1 aromatic carbocycles. The molecule has 7 heteroatoms. The van der Waals surface area contributed by atoms with Crippen LogP contribution in [0.15, 0.2) is 24.3 Å². The van der Waals surface area contributed by atoms with Gasteiger partial charge < -0.3 is 5.73 Å². The van der Waals surface area contributed by atoms with Gasteiger partial charge in [-0.15, -0.1) is 0 Å². The SMILES string of the molecule is NNC(=O)c1nc(N)sc1-c1cccc(F)c1. The summed E-state index contributed by atoms with van der Waals surface area (Å²) in [5.74, 6) is 4.09. The summed E-state index contributed by atoms with van der Waals surface area (Å²) in [5.41, 5.74) is 8.15. The Balaban J connectivity index is 2.55. The van der Waals surface area contributed by atoms with Gasteiger partial charge >= 0.3 is 0 Å². The molecule has 0 saturated heterocycles. The van der Waals surface area contributed by atoms with Crippen LogP contribution in [0.5, 0.6) is 0 Å². The molecule has 0 spiro atoms. The Morgan fingerprint density at radius 1 is 1.47 bits per heavy atom. The van der Waals surface area contributed by atoms with Crippen LogP contribution in [0.2, 0.25) is 0 Å². The molecule has 5 N–H and O–H groups in total. The second-order valence-corrected chi connectivity index (χ2v) is 4.24. The van der Waals surface area contributed by atoms with Crippen LogP contribution in [-0.4, -0.2) is 10.9 Å². The molecular formula is C10H9FN4OS. The number of rotatable bonds is 2. The van der Waals surface area contributed by atoms with Crippen LogP contribution in [0.4, 0.5) is 9.52 Å². The maximum Gasteiger partial charge on any atom is 0.285 e. The summed E-state index contributed by atoms with van der Waals surface area (Å²) in [4.78, 5) is 15.8. The smallest absolute Gasteiger partial charge is 0.285 e. The maximum absolute atomic E-state index is 13.1. The van der Waals surface area contributed by atoms with Crippen molar-refractivity contribution in [2.75, 3.05) is 5.73 Å². The highest BCUT2D eigenvalue weighted by Crippen LogP contribution is 2.31. The minimum Gasteiger partial charge on any atom is -0.375 e. The van der Waals surface area contributed by atoms with E-state index in [0.29, 0.717) is 10.4 Å². The summed E-state index contributed by atoms with van der Waals surface area (Å²) < 4.78 is 13.1. The van der Waals surface area contributed by atoms with Crippen molar-refractivity contribution in [3.05, 3.63) is 35.8 Å². The molecule has 88 valence electrons. The number of benzene rings is 1. The van der Waals surface area contributed by atoms with E-state index in [-0.39, 0.29) is 10.8 Å². The van der Waals surface area contributed by atoms with E-state index < -0.39 is 11.7 Å². The maximum atomic E-state index is 13.1. The standard InChI is InChI=1S/C10H9FN4OS/c11-6-3-1-2-5(4-6)8-7(9(16)15-13)14-10(12)17-8/h1-4H,13H2,(H2,12,14)(H,15,16). The van der Waals surface area contributed by atoms with Gasteiger partial charge in [0.1, 0.15) is 5.82 Å². The molecule has 0 radical (unpaired) electrons. The third-order valence-corrected chi connectivity index (χ3v) is 3.01. The van der Waals surface area contributed by atoms with Crippen LogP contribution in [0.3, 0.4) is 0 Å². The number of thiazole rings is 1. The molecule has 0 saturated carbocycles. The van der Waals surface area contributed by atoms with Crippen LogP contribution in [0.25, 0.3) is 10.4 Å². The van der Waals surface area contributed by atoms with Gasteiger partial charge in [-0.2, -0.15) is 0 Å². The third kappa shape index (κ3) is 2.24. The minimum atomic E-state index is -0.558. The van der Waals surface area contributed by atoms with Gasteiger partial charge in [-0.25, -0.2) is 15.2 Å². The van der Waals surface area contributed by atoms with Gasteiger partial charge in [0.2, 0.25) is 0 Å². The number of aromatic nitrogens is 1. The Morgan fingerprint density at radius 2 is 2.24 bits per heavy atom. The highest BCUT2D eigenvalue weighted by atomic mass is 32.1. The quantitative estimate of drug-likeness (QED) is 0.424. The zero-order valence-electron chi connectivity index (χ0n) is 8.61. The predicted molar refractivity (Wildman–Crippen MR) is 63.6 cm³/mol. The van der Waals surface area contributed by atoms with E-state index in [9.17, 15) is 9.18 Å². The second kappa shape index (κ2) is 4.48. The van der Waals surface area contributed by atoms with E-state index in [2.05, 4.69) is 4.98 Å². The molecule has 0 aliphatic rings. The number of carbonyl (C=O) groups excluding carboxylic acids is 1. The average Bonchev–Trinajstić information content (AvgIpc) is 2.70. The molecule has 1 aromatic heterocycles. The highest BCUT2D eigenvalue weighted by Gasteiger charge is 2.18. The van der Waals surface area contributed by atoms with Crippen molar-refractivity contribution in [1.29, 1.82) is 0 Å². The number of nitrogen functional groups attached to an aromatic ring is 2. The van der Waals surface area contributed by atoms with Gasteiger partial charge in [0.25, 0.3) is 5.91 Å². The number of nitrogens with two attached hydrogens (primary N) is 2. The van der Waals surface area contributed by atoms with Crippen molar-refractivity contribution in [3.8, 4) is 10.4 Å². The molecule has 0 unspecified atom stereocenters. The molecule has 0 aliphatic heterocycles. The van der Waals surface area contributed by atoms with E-state index in [1.807, 2.05) is 5.43 Å². The van der Waals surface area contributed by atoms with Crippen molar-refractivity contribution in [3.63, 3.8) is 0 Å². The van der Waals surface area contributed by atoms with Crippen LogP contribution >= 0.6 is 11.3 Å². The van der Waals surface area contributed by atoms with Crippen LogP contribution < -0.4 is 17.0 Å². The number of carbonyl (C=O) groups is 1. The molecule has 1 amide bonds. The minimum absolute atomic E-state index is 0.0978. The second-order valence-electron chi connectivity index (χ2n) is 3.21.